The summed E-state index contributed by atoms with van der Waals surface area (Å²) in [6.07, 6.45) is 1.55. The van der Waals surface area contributed by atoms with Crippen LogP contribution >= 0.6 is 0 Å². The van der Waals surface area contributed by atoms with Crippen LogP contribution in [-0.4, -0.2) is 29.2 Å². The van der Waals surface area contributed by atoms with Crippen molar-refractivity contribution in [2.75, 3.05) is 12.4 Å². The molecule has 0 aliphatic heterocycles. The van der Waals surface area contributed by atoms with Crippen molar-refractivity contribution in [3.63, 3.8) is 0 Å². The predicted molar refractivity (Wildman–Crippen MR) is 120 cm³/mol. The van der Waals surface area contributed by atoms with Crippen molar-refractivity contribution in [3.05, 3.63) is 94.3 Å². The molecular formula is C23H19N5O3. The second-order valence-electron chi connectivity index (χ2n) is 6.61. The Hall–Kier alpha value is -4.46. The molecule has 8 heteroatoms. The summed E-state index contributed by atoms with van der Waals surface area (Å²) >= 11 is 0. The molecule has 0 spiro atoms. The zero-order valence-corrected chi connectivity index (χ0v) is 16.6. The number of nitrogens with zero attached hydrogens (tertiary/aromatic N) is 2. The second-order valence-corrected chi connectivity index (χ2v) is 6.61. The summed E-state index contributed by atoms with van der Waals surface area (Å²) in [5, 5.41) is 7.53. The van der Waals surface area contributed by atoms with Crippen LogP contribution in [0.3, 0.4) is 0 Å². The first kappa shape index (κ1) is 19.8. The van der Waals surface area contributed by atoms with E-state index in [1.54, 1.807) is 55.8 Å². The van der Waals surface area contributed by atoms with E-state index < -0.39 is 0 Å². The maximum atomic E-state index is 12.3. The molecule has 0 atom stereocenters. The number of amides is 1. The van der Waals surface area contributed by atoms with Gasteiger partial charge in [-0.15, -0.1) is 0 Å². The van der Waals surface area contributed by atoms with Gasteiger partial charge in [-0.3, -0.25) is 14.6 Å². The summed E-state index contributed by atoms with van der Waals surface area (Å²) in [6.45, 7) is 0. The Balaban J connectivity index is 1.40. The quantitative estimate of drug-likeness (QED) is 0.331. The Bertz CT molecular complexity index is 1300. The van der Waals surface area contributed by atoms with E-state index in [9.17, 15) is 9.59 Å². The molecule has 1 amide bonds. The lowest BCUT2D eigenvalue weighted by Crippen LogP contribution is -2.17. The number of rotatable bonds is 6. The van der Waals surface area contributed by atoms with Crippen molar-refractivity contribution in [1.29, 1.82) is 0 Å². The molecular weight excluding hydrogens is 394 g/mol. The maximum Gasteiger partial charge on any atom is 0.271 e. The molecule has 0 saturated carbocycles. The lowest BCUT2D eigenvalue weighted by atomic mass is 10.2. The van der Waals surface area contributed by atoms with Gasteiger partial charge < -0.3 is 10.1 Å². The first-order valence-corrected chi connectivity index (χ1v) is 9.46. The van der Waals surface area contributed by atoms with Gasteiger partial charge in [-0.25, -0.2) is 10.4 Å². The van der Waals surface area contributed by atoms with Crippen LogP contribution < -0.4 is 21.0 Å². The summed E-state index contributed by atoms with van der Waals surface area (Å²) in [7, 11) is 1.60. The summed E-state index contributed by atoms with van der Waals surface area (Å²) in [5.74, 6) is 0.733. The molecule has 0 aliphatic carbocycles. The lowest BCUT2D eigenvalue weighted by Gasteiger charge is -2.07. The molecule has 8 nitrogen and oxygen atoms in total. The van der Waals surface area contributed by atoms with Gasteiger partial charge in [0.25, 0.3) is 11.5 Å². The van der Waals surface area contributed by atoms with E-state index in [0.717, 1.165) is 11.3 Å². The number of anilines is 2. The normalized spacial score (nSPS) is 10.9. The minimum Gasteiger partial charge on any atom is -0.497 e. The molecule has 0 saturated heterocycles. The Morgan fingerprint density at radius 1 is 1.03 bits per heavy atom. The molecule has 31 heavy (non-hydrogen) atoms. The molecule has 0 aliphatic rings. The average Bonchev–Trinajstić information content (AvgIpc) is 2.80. The van der Waals surface area contributed by atoms with Crippen molar-refractivity contribution in [2.24, 2.45) is 5.10 Å². The molecule has 0 bridgehead atoms. The van der Waals surface area contributed by atoms with Gasteiger partial charge in [-0.2, -0.15) is 5.10 Å². The number of ether oxygens (including phenoxy) is 1. The number of para-hydroxylation sites is 1. The molecule has 3 N–H and O–H groups in total. The zero-order chi connectivity index (χ0) is 21.6. The lowest BCUT2D eigenvalue weighted by molar-refractivity contribution is 0.0955. The van der Waals surface area contributed by atoms with Crippen molar-refractivity contribution in [1.82, 2.24) is 15.4 Å². The fourth-order valence-electron chi connectivity index (χ4n) is 2.91. The van der Waals surface area contributed by atoms with Crippen molar-refractivity contribution >= 4 is 34.7 Å². The summed E-state index contributed by atoms with van der Waals surface area (Å²) < 4.78 is 5.10. The number of carbonyl (C=O) groups is 1. The fourth-order valence-corrected chi connectivity index (χ4v) is 2.91. The third-order valence-electron chi connectivity index (χ3n) is 4.52. The molecule has 4 rings (SSSR count). The van der Waals surface area contributed by atoms with Crippen LogP contribution in [0.15, 0.2) is 82.7 Å². The largest absolute Gasteiger partial charge is 0.497 e. The maximum absolute atomic E-state index is 12.3. The van der Waals surface area contributed by atoms with Gasteiger partial charge in [-0.05, 0) is 66.2 Å². The summed E-state index contributed by atoms with van der Waals surface area (Å²) in [6, 6.07) is 21.1. The van der Waals surface area contributed by atoms with E-state index in [2.05, 4.69) is 25.8 Å². The van der Waals surface area contributed by atoms with E-state index in [0.29, 0.717) is 28.1 Å². The number of hydrazone groups is 1. The SMILES string of the molecule is COc1ccc(/C=N\NC(=O)c2ccc(Nc3nc4ccccc4c(=O)[nH]3)cc2)cc1. The van der Waals surface area contributed by atoms with Gasteiger partial charge in [0, 0.05) is 11.3 Å². The van der Waals surface area contributed by atoms with Gasteiger partial charge in [0.05, 0.1) is 24.2 Å². The van der Waals surface area contributed by atoms with E-state index in [4.69, 9.17) is 4.74 Å². The molecule has 0 fully saturated rings. The highest BCUT2D eigenvalue weighted by Crippen LogP contribution is 2.15. The summed E-state index contributed by atoms with van der Waals surface area (Å²) in [4.78, 5) is 31.5. The monoisotopic (exact) mass is 413 g/mol. The van der Waals surface area contributed by atoms with Crippen LogP contribution in [0.2, 0.25) is 0 Å². The number of benzene rings is 3. The Morgan fingerprint density at radius 3 is 2.52 bits per heavy atom. The number of carbonyl (C=O) groups excluding carboxylic acids is 1. The van der Waals surface area contributed by atoms with Gasteiger partial charge in [0.1, 0.15) is 5.75 Å². The fraction of sp³-hybridized carbons (Fsp3) is 0.0435. The van der Waals surface area contributed by atoms with Crippen molar-refractivity contribution in [3.8, 4) is 5.75 Å². The molecule has 0 radical (unpaired) electrons. The molecule has 1 heterocycles. The molecule has 3 aromatic carbocycles. The Morgan fingerprint density at radius 2 is 1.77 bits per heavy atom. The highest BCUT2D eigenvalue weighted by Gasteiger charge is 2.06. The Kier molecular flexibility index (Phi) is 5.70. The van der Waals surface area contributed by atoms with E-state index in [-0.39, 0.29) is 11.5 Å². The first-order chi connectivity index (χ1) is 15.1. The number of aromatic amines is 1. The van der Waals surface area contributed by atoms with Crippen LogP contribution in [0.4, 0.5) is 11.6 Å². The third-order valence-corrected chi connectivity index (χ3v) is 4.52. The van der Waals surface area contributed by atoms with Crippen LogP contribution in [-0.2, 0) is 0 Å². The van der Waals surface area contributed by atoms with Crippen molar-refractivity contribution < 1.29 is 9.53 Å². The Labute approximate surface area is 177 Å². The number of nitrogens with one attached hydrogen (secondary N) is 3. The van der Waals surface area contributed by atoms with E-state index in [1.807, 2.05) is 30.3 Å². The first-order valence-electron chi connectivity index (χ1n) is 9.46. The smallest absolute Gasteiger partial charge is 0.271 e. The van der Waals surface area contributed by atoms with Gasteiger partial charge in [0.15, 0.2) is 0 Å². The predicted octanol–water partition coefficient (Wildman–Crippen LogP) is 3.44. The van der Waals surface area contributed by atoms with Gasteiger partial charge in [0.2, 0.25) is 5.95 Å². The number of aromatic nitrogens is 2. The summed E-state index contributed by atoms with van der Waals surface area (Å²) in [5.41, 5.74) is 4.82. The van der Waals surface area contributed by atoms with Crippen molar-refractivity contribution in [2.45, 2.75) is 0 Å². The van der Waals surface area contributed by atoms with Crippen LogP contribution in [0.5, 0.6) is 5.75 Å². The molecule has 0 unspecified atom stereocenters. The standard InChI is InChI=1S/C23H19N5O3/c1-31-18-12-6-15(7-13-18)14-24-28-21(29)16-8-10-17(11-9-16)25-23-26-20-5-3-2-4-19(20)22(30)27-23/h2-14H,1H3,(H,28,29)(H2,25,26,27,30)/b24-14-. The molecule has 4 aromatic rings. The van der Waals surface area contributed by atoms with Crippen LogP contribution in [0, 0.1) is 0 Å². The number of fused-ring (bicyclic) bond motifs is 1. The second kappa shape index (κ2) is 8.91. The molecule has 154 valence electrons. The third kappa shape index (κ3) is 4.76. The van der Waals surface area contributed by atoms with Gasteiger partial charge in [-0.1, -0.05) is 12.1 Å². The van der Waals surface area contributed by atoms with Crippen LogP contribution in [0.1, 0.15) is 15.9 Å². The highest BCUT2D eigenvalue weighted by molar-refractivity contribution is 5.95. The van der Waals surface area contributed by atoms with Gasteiger partial charge >= 0.3 is 0 Å². The highest BCUT2D eigenvalue weighted by atomic mass is 16.5. The number of hydrogen-bond acceptors (Lipinski definition) is 6. The number of H-pyrrole nitrogens is 1. The minimum absolute atomic E-state index is 0.223. The zero-order valence-electron chi connectivity index (χ0n) is 16.6. The van der Waals surface area contributed by atoms with E-state index >= 15 is 0 Å². The molecule has 1 aromatic heterocycles. The number of hydrogen-bond donors (Lipinski definition) is 3. The number of methoxy groups -OCH3 is 1. The minimum atomic E-state index is -0.339. The average molecular weight is 413 g/mol. The van der Waals surface area contributed by atoms with E-state index in [1.165, 1.54) is 0 Å². The topological polar surface area (TPSA) is 108 Å². The van der Waals surface area contributed by atoms with Crippen LogP contribution in [0.25, 0.3) is 10.9 Å².